The summed E-state index contributed by atoms with van der Waals surface area (Å²) < 4.78 is 29.0. The first-order chi connectivity index (χ1) is 14.8. The molecule has 1 aromatic carbocycles. The largest absolute Gasteiger partial charge is 0.383 e. The third-order valence-electron chi connectivity index (χ3n) is 5.00. The second kappa shape index (κ2) is 7.53. The van der Waals surface area contributed by atoms with E-state index in [1.54, 1.807) is 6.92 Å². The van der Waals surface area contributed by atoms with Crippen LogP contribution in [0.3, 0.4) is 0 Å². The van der Waals surface area contributed by atoms with Crippen LogP contribution in [0.15, 0.2) is 47.7 Å². The number of amidine groups is 1. The topological polar surface area (TPSA) is 130 Å². The van der Waals surface area contributed by atoms with Crippen molar-refractivity contribution in [3.8, 4) is 6.07 Å². The molecule has 10 heteroatoms. The normalized spacial score (nSPS) is 17.3. The Bertz CT molecular complexity index is 1270. The Kier molecular flexibility index (Phi) is 4.87. The number of halogens is 2. The van der Waals surface area contributed by atoms with Gasteiger partial charge in [0.25, 0.3) is 5.91 Å². The van der Waals surface area contributed by atoms with Gasteiger partial charge in [-0.15, -0.1) is 5.10 Å². The van der Waals surface area contributed by atoms with E-state index in [-0.39, 0.29) is 29.1 Å². The van der Waals surface area contributed by atoms with E-state index in [9.17, 15) is 13.6 Å². The number of amides is 1. The minimum atomic E-state index is -1.22. The number of anilines is 1. The van der Waals surface area contributed by atoms with E-state index >= 15 is 0 Å². The molecule has 154 valence electrons. The van der Waals surface area contributed by atoms with Gasteiger partial charge < -0.3 is 11.1 Å². The molecule has 0 aliphatic carbocycles. The number of hydrogen-bond acceptors (Lipinski definition) is 7. The summed E-state index contributed by atoms with van der Waals surface area (Å²) in [6.45, 7) is 1.62. The molecule has 0 saturated carbocycles. The molecule has 1 amide bonds. The molecule has 1 aliphatic heterocycles. The molecule has 0 radical (unpaired) electrons. The van der Waals surface area contributed by atoms with Crippen molar-refractivity contribution in [2.24, 2.45) is 10.7 Å². The lowest BCUT2D eigenvalue weighted by Gasteiger charge is -2.31. The van der Waals surface area contributed by atoms with Crippen molar-refractivity contribution in [1.82, 2.24) is 15.2 Å². The van der Waals surface area contributed by atoms with Gasteiger partial charge in [-0.2, -0.15) is 14.8 Å². The lowest BCUT2D eigenvalue weighted by Crippen LogP contribution is -2.35. The zero-order valence-electron chi connectivity index (χ0n) is 16.2. The second-order valence-corrected chi connectivity index (χ2v) is 7.17. The van der Waals surface area contributed by atoms with Crippen LogP contribution in [0, 0.1) is 23.1 Å². The van der Waals surface area contributed by atoms with Crippen LogP contribution in [-0.2, 0) is 12.0 Å². The number of benzene rings is 1. The number of fused-ring (bicyclic) bond motifs is 1. The molecule has 3 aromatic rings. The van der Waals surface area contributed by atoms with Crippen LogP contribution in [0.5, 0.6) is 0 Å². The fraction of sp³-hybridized carbons (Fsp3) is 0.143. The highest BCUT2D eigenvalue weighted by molar-refractivity contribution is 6.03. The number of pyridine rings is 1. The lowest BCUT2D eigenvalue weighted by atomic mass is 9.82. The van der Waals surface area contributed by atoms with Crippen molar-refractivity contribution in [1.29, 1.82) is 5.26 Å². The number of rotatable bonds is 3. The highest BCUT2D eigenvalue weighted by atomic mass is 19.1. The summed E-state index contributed by atoms with van der Waals surface area (Å²) in [6.07, 6.45) is 2.60. The molecule has 0 saturated heterocycles. The molecular formula is C21H15F2N7O. The van der Waals surface area contributed by atoms with Crippen molar-refractivity contribution in [3.63, 3.8) is 0 Å². The summed E-state index contributed by atoms with van der Waals surface area (Å²) >= 11 is 0. The fourth-order valence-corrected chi connectivity index (χ4v) is 3.45. The Balaban J connectivity index is 1.67. The maximum atomic E-state index is 14.8. The Hall–Kier alpha value is -4.26. The quantitative estimate of drug-likeness (QED) is 0.671. The monoisotopic (exact) mass is 419 g/mol. The Labute approximate surface area is 175 Å². The van der Waals surface area contributed by atoms with E-state index in [1.807, 2.05) is 6.07 Å². The second-order valence-electron chi connectivity index (χ2n) is 7.17. The molecule has 0 spiro atoms. The van der Waals surface area contributed by atoms with Crippen LogP contribution in [0.25, 0.3) is 0 Å². The first-order valence-electron chi connectivity index (χ1n) is 9.14. The summed E-state index contributed by atoms with van der Waals surface area (Å²) in [5, 5.41) is 18.4. The van der Waals surface area contributed by atoms with Crippen LogP contribution in [-0.4, -0.2) is 26.9 Å². The minimum Gasteiger partial charge on any atom is -0.383 e. The van der Waals surface area contributed by atoms with Gasteiger partial charge in [-0.25, -0.2) is 9.37 Å². The standard InChI is InChI=1S/C21H15F2N7O/c1-21(7-13-14(19(25)29-21)10-27-30-18(13)23)15-6-12(3-4-16(15)22)28-20(31)17-5-2-11(8-24)9-26-17/h2-6,9-10H,7H2,1H3,(H2,25,29)(H,28,31). The minimum absolute atomic E-state index is 0.00981. The zero-order valence-corrected chi connectivity index (χ0v) is 16.2. The lowest BCUT2D eigenvalue weighted by molar-refractivity contribution is 0.102. The van der Waals surface area contributed by atoms with Gasteiger partial charge in [-0.05, 0) is 37.3 Å². The predicted molar refractivity (Wildman–Crippen MR) is 107 cm³/mol. The Morgan fingerprint density at radius 1 is 1.26 bits per heavy atom. The summed E-state index contributed by atoms with van der Waals surface area (Å²) in [4.78, 5) is 20.8. The molecule has 2 aromatic heterocycles. The smallest absolute Gasteiger partial charge is 0.274 e. The summed E-state index contributed by atoms with van der Waals surface area (Å²) in [5.74, 6) is -1.89. The van der Waals surface area contributed by atoms with Gasteiger partial charge in [0.05, 0.1) is 17.3 Å². The van der Waals surface area contributed by atoms with Crippen molar-refractivity contribution >= 4 is 17.4 Å². The highest BCUT2D eigenvalue weighted by Gasteiger charge is 2.36. The third kappa shape index (κ3) is 3.69. The summed E-state index contributed by atoms with van der Waals surface area (Å²) in [5.41, 5.74) is 6.11. The van der Waals surface area contributed by atoms with Gasteiger partial charge in [0.15, 0.2) is 0 Å². The van der Waals surface area contributed by atoms with E-state index in [0.717, 1.165) is 0 Å². The van der Waals surface area contributed by atoms with E-state index in [4.69, 9.17) is 11.0 Å². The van der Waals surface area contributed by atoms with Crippen LogP contribution in [0.4, 0.5) is 14.5 Å². The molecule has 31 heavy (non-hydrogen) atoms. The molecule has 8 nitrogen and oxygen atoms in total. The average Bonchev–Trinajstić information content (AvgIpc) is 2.76. The van der Waals surface area contributed by atoms with Crippen LogP contribution >= 0.6 is 0 Å². The number of nitriles is 1. The van der Waals surface area contributed by atoms with Crippen molar-refractivity contribution in [2.75, 3.05) is 5.32 Å². The third-order valence-corrected chi connectivity index (χ3v) is 5.00. The van der Waals surface area contributed by atoms with Gasteiger partial charge in [0.1, 0.15) is 23.4 Å². The Morgan fingerprint density at radius 3 is 2.77 bits per heavy atom. The van der Waals surface area contributed by atoms with Gasteiger partial charge in [-0.1, -0.05) is 0 Å². The molecular weight excluding hydrogens is 404 g/mol. The average molecular weight is 419 g/mol. The van der Waals surface area contributed by atoms with Gasteiger partial charge >= 0.3 is 0 Å². The van der Waals surface area contributed by atoms with Crippen LogP contribution in [0.1, 0.15) is 39.7 Å². The number of carbonyl (C=O) groups is 1. The predicted octanol–water partition coefficient (Wildman–Crippen LogP) is 2.45. The molecule has 1 unspecified atom stereocenters. The molecule has 3 heterocycles. The maximum Gasteiger partial charge on any atom is 0.274 e. The van der Waals surface area contributed by atoms with Crippen molar-refractivity contribution < 1.29 is 13.6 Å². The SMILES string of the molecule is CC1(c2cc(NC(=O)c3ccc(C#N)cn3)ccc2F)Cc2c(cnnc2F)C(N)=N1. The number of aromatic nitrogens is 3. The van der Waals surface area contributed by atoms with Gasteiger partial charge in [-0.3, -0.25) is 9.79 Å². The summed E-state index contributed by atoms with van der Waals surface area (Å²) in [7, 11) is 0. The van der Waals surface area contributed by atoms with E-state index in [2.05, 4.69) is 25.5 Å². The molecule has 0 bridgehead atoms. The fourth-order valence-electron chi connectivity index (χ4n) is 3.45. The molecule has 0 fully saturated rings. The molecule has 1 atom stereocenters. The number of carbonyl (C=O) groups excluding carboxylic acids is 1. The maximum absolute atomic E-state index is 14.8. The van der Waals surface area contributed by atoms with Crippen molar-refractivity contribution in [3.05, 3.63) is 82.4 Å². The first kappa shape index (κ1) is 20.0. The van der Waals surface area contributed by atoms with E-state index in [1.165, 1.54) is 42.7 Å². The number of hydrogen-bond donors (Lipinski definition) is 2. The number of nitrogens with zero attached hydrogens (tertiary/aromatic N) is 5. The highest BCUT2D eigenvalue weighted by Crippen LogP contribution is 2.37. The van der Waals surface area contributed by atoms with Crippen molar-refractivity contribution in [2.45, 2.75) is 18.9 Å². The number of nitrogens with one attached hydrogen (secondary N) is 1. The molecule has 1 aliphatic rings. The van der Waals surface area contributed by atoms with Crippen LogP contribution in [0.2, 0.25) is 0 Å². The molecule has 4 rings (SSSR count). The van der Waals surface area contributed by atoms with E-state index in [0.29, 0.717) is 16.8 Å². The van der Waals surface area contributed by atoms with E-state index < -0.39 is 23.2 Å². The molecule has 3 N–H and O–H groups in total. The van der Waals surface area contributed by atoms with Gasteiger partial charge in [0.2, 0.25) is 5.95 Å². The Morgan fingerprint density at radius 2 is 2.06 bits per heavy atom. The number of aliphatic imine (C=N–C) groups is 1. The number of nitrogens with two attached hydrogens (primary N) is 1. The van der Waals surface area contributed by atoms with Crippen LogP contribution < -0.4 is 11.1 Å². The zero-order chi connectivity index (χ0) is 22.2. The summed E-state index contributed by atoms with van der Waals surface area (Å²) in [6, 6.07) is 8.79. The van der Waals surface area contributed by atoms with Gasteiger partial charge in [0, 0.05) is 35.0 Å². The first-order valence-corrected chi connectivity index (χ1v) is 9.14.